The van der Waals surface area contributed by atoms with Gasteiger partial charge in [0.05, 0.1) is 6.04 Å². The van der Waals surface area contributed by atoms with Crippen molar-refractivity contribution in [3.8, 4) is 0 Å². The number of piperazine rings is 1. The monoisotopic (exact) mass is 333 g/mol. The average Bonchev–Trinajstić information content (AvgIpc) is 2.61. The summed E-state index contributed by atoms with van der Waals surface area (Å²) >= 11 is 0. The van der Waals surface area contributed by atoms with E-state index in [1.807, 2.05) is 61.2 Å². The van der Waals surface area contributed by atoms with Crippen molar-refractivity contribution in [3.63, 3.8) is 0 Å². The van der Waals surface area contributed by atoms with E-state index in [0.29, 0.717) is 13.1 Å². The van der Waals surface area contributed by atoms with Crippen LogP contribution in [-0.2, 0) is 20.9 Å². The molecule has 1 aromatic carbocycles. The van der Waals surface area contributed by atoms with Crippen molar-refractivity contribution in [1.82, 2.24) is 15.1 Å². The van der Waals surface area contributed by atoms with Crippen molar-refractivity contribution in [2.24, 2.45) is 0 Å². The van der Waals surface area contributed by atoms with Crippen LogP contribution in [0.1, 0.15) is 12.5 Å². The van der Waals surface area contributed by atoms with E-state index in [1.54, 1.807) is 0 Å². The molecule has 0 saturated carbocycles. The zero-order valence-corrected chi connectivity index (χ0v) is 14.7. The van der Waals surface area contributed by atoms with Gasteiger partial charge in [-0.05, 0) is 26.6 Å². The van der Waals surface area contributed by atoms with E-state index in [4.69, 9.17) is 4.74 Å². The molecule has 1 heterocycles. The molecule has 1 saturated heterocycles. The van der Waals surface area contributed by atoms with Crippen molar-refractivity contribution in [3.05, 3.63) is 35.9 Å². The number of carbonyl (C=O) groups excluding carboxylic acids is 2. The summed E-state index contributed by atoms with van der Waals surface area (Å²) in [7, 11) is 3.68. The SMILES string of the molecule is CC(C(=O)C(C(=O)OCc1ccccc1)N1CCNCC1)N(C)C. The fraction of sp³-hybridized carbons (Fsp3) is 0.556. The minimum atomic E-state index is -0.840. The van der Waals surface area contributed by atoms with Crippen molar-refractivity contribution < 1.29 is 14.3 Å². The van der Waals surface area contributed by atoms with E-state index in [9.17, 15) is 9.59 Å². The lowest BCUT2D eigenvalue weighted by atomic mass is 10.0. The Balaban J connectivity index is 2.08. The second-order valence-corrected chi connectivity index (χ2v) is 6.32. The van der Waals surface area contributed by atoms with E-state index < -0.39 is 12.0 Å². The molecule has 0 spiro atoms. The number of rotatable bonds is 7. The summed E-state index contributed by atoms with van der Waals surface area (Å²) in [5.41, 5.74) is 0.915. The summed E-state index contributed by atoms with van der Waals surface area (Å²) in [6.45, 7) is 4.88. The summed E-state index contributed by atoms with van der Waals surface area (Å²) in [6, 6.07) is 8.33. The summed E-state index contributed by atoms with van der Waals surface area (Å²) in [4.78, 5) is 29.2. The third kappa shape index (κ3) is 4.87. The molecule has 6 heteroatoms. The number of likely N-dealkylation sites (N-methyl/N-ethyl adjacent to an activating group) is 1. The van der Waals surface area contributed by atoms with Gasteiger partial charge >= 0.3 is 5.97 Å². The Labute approximate surface area is 143 Å². The Bertz CT molecular complexity index is 542. The second kappa shape index (κ2) is 8.92. The van der Waals surface area contributed by atoms with Crippen LogP contribution in [0.5, 0.6) is 0 Å². The van der Waals surface area contributed by atoms with Gasteiger partial charge < -0.3 is 10.1 Å². The highest BCUT2D eigenvalue weighted by Gasteiger charge is 2.37. The molecule has 0 radical (unpaired) electrons. The number of Topliss-reactive ketones (excluding diaryl/α,β-unsaturated/α-hetero) is 1. The van der Waals surface area contributed by atoms with Gasteiger partial charge in [0.2, 0.25) is 0 Å². The summed E-state index contributed by atoms with van der Waals surface area (Å²) in [5, 5.41) is 3.24. The van der Waals surface area contributed by atoms with Gasteiger partial charge in [-0.3, -0.25) is 14.6 Å². The molecular weight excluding hydrogens is 306 g/mol. The predicted molar refractivity (Wildman–Crippen MR) is 92.6 cm³/mol. The quantitative estimate of drug-likeness (QED) is 0.580. The van der Waals surface area contributed by atoms with Gasteiger partial charge in [0, 0.05) is 26.2 Å². The second-order valence-electron chi connectivity index (χ2n) is 6.32. The molecule has 0 aromatic heterocycles. The summed E-state index contributed by atoms with van der Waals surface area (Å²) in [6.07, 6.45) is 0. The highest BCUT2D eigenvalue weighted by molar-refractivity contribution is 6.05. The number of hydrogen-bond acceptors (Lipinski definition) is 6. The van der Waals surface area contributed by atoms with Crippen LogP contribution < -0.4 is 5.32 Å². The number of benzene rings is 1. The van der Waals surface area contributed by atoms with Crippen LogP contribution in [0, 0.1) is 0 Å². The molecule has 1 fully saturated rings. The maximum atomic E-state index is 12.8. The van der Waals surface area contributed by atoms with Crippen LogP contribution in [0.3, 0.4) is 0 Å². The lowest BCUT2D eigenvalue weighted by Crippen LogP contribution is -2.58. The molecule has 1 N–H and O–H groups in total. The molecular formula is C18H27N3O3. The lowest BCUT2D eigenvalue weighted by molar-refractivity contribution is -0.156. The van der Waals surface area contributed by atoms with Crippen LogP contribution >= 0.6 is 0 Å². The number of ether oxygens (including phenoxy) is 1. The molecule has 2 rings (SSSR count). The van der Waals surface area contributed by atoms with Gasteiger partial charge in [0.15, 0.2) is 11.8 Å². The molecule has 0 bridgehead atoms. The molecule has 1 aliphatic heterocycles. The highest BCUT2D eigenvalue weighted by atomic mass is 16.5. The summed E-state index contributed by atoms with van der Waals surface area (Å²) in [5.74, 6) is -0.570. The van der Waals surface area contributed by atoms with E-state index in [0.717, 1.165) is 18.7 Å². The predicted octanol–water partition coefficient (Wildman–Crippen LogP) is 0.523. The third-order valence-corrected chi connectivity index (χ3v) is 4.42. The van der Waals surface area contributed by atoms with E-state index in [-0.39, 0.29) is 18.4 Å². The average molecular weight is 333 g/mol. The molecule has 132 valence electrons. The summed E-state index contributed by atoms with van der Waals surface area (Å²) < 4.78 is 5.45. The number of carbonyl (C=O) groups is 2. The van der Waals surface area contributed by atoms with Gasteiger partial charge in [-0.1, -0.05) is 30.3 Å². The number of hydrogen-bond donors (Lipinski definition) is 1. The minimum Gasteiger partial charge on any atom is -0.459 e. The zero-order chi connectivity index (χ0) is 17.5. The van der Waals surface area contributed by atoms with Crippen LogP contribution in [0.4, 0.5) is 0 Å². The van der Waals surface area contributed by atoms with Crippen molar-refractivity contribution >= 4 is 11.8 Å². The van der Waals surface area contributed by atoms with E-state index in [2.05, 4.69) is 5.32 Å². The van der Waals surface area contributed by atoms with Crippen molar-refractivity contribution in [1.29, 1.82) is 0 Å². The zero-order valence-electron chi connectivity index (χ0n) is 14.7. The van der Waals surface area contributed by atoms with Gasteiger partial charge in [-0.2, -0.15) is 0 Å². The Morgan fingerprint density at radius 1 is 1.21 bits per heavy atom. The molecule has 0 amide bonds. The number of ketones is 1. The highest BCUT2D eigenvalue weighted by Crippen LogP contribution is 2.12. The maximum Gasteiger partial charge on any atom is 0.331 e. The topological polar surface area (TPSA) is 61.9 Å². The Kier molecular flexibility index (Phi) is 6.90. The first-order valence-corrected chi connectivity index (χ1v) is 8.36. The van der Waals surface area contributed by atoms with E-state index >= 15 is 0 Å². The first-order valence-electron chi connectivity index (χ1n) is 8.36. The Morgan fingerprint density at radius 3 is 2.42 bits per heavy atom. The van der Waals surface area contributed by atoms with Crippen LogP contribution in [0.15, 0.2) is 30.3 Å². The van der Waals surface area contributed by atoms with Crippen LogP contribution in [-0.4, -0.2) is 73.9 Å². The van der Waals surface area contributed by atoms with Crippen molar-refractivity contribution in [2.45, 2.75) is 25.6 Å². The first kappa shape index (κ1) is 18.6. The molecule has 1 aromatic rings. The normalized spacial score (nSPS) is 18.2. The number of esters is 1. The maximum absolute atomic E-state index is 12.8. The fourth-order valence-electron chi connectivity index (χ4n) is 2.68. The Hall–Kier alpha value is -1.76. The molecule has 24 heavy (non-hydrogen) atoms. The standard InChI is InChI=1S/C18H27N3O3/c1-14(20(2)3)17(22)16(21-11-9-19-10-12-21)18(23)24-13-15-7-5-4-6-8-15/h4-8,14,16,19H,9-13H2,1-3H3. The number of nitrogens with zero attached hydrogens (tertiary/aromatic N) is 2. The lowest BCUT2D eigenvalue weighted by Gasteiger charge is -2.34. The molecule has 2 atom stereocenters. The van der Waals surface area contributed by atoms with E-state index in [1.165, 1.54) is 0 Å². The molecule has 2 unspecified atom stereocenters. The van der Waals surface area contributed by atoms with Crippen LogP contribution in [0.25, 0.3) is 0 Å². The van der Waals surface area contributed by atoms with Gasteiger partial charge in [0.25, 0.3) is 0 Å². The van der Waals surface area contributed by atoms with Gasteiger partial charge in [-0.25, -0.2) is 4.79 Å². The van der Waals surface area contributed by atoms with Crippen molar-refractivity contribution in [2.75, 3.05) is 40.3 Å². The Morgan fingerprint density at radius 2 is 1.83 bits per heavy atom. The molecule has 1 aliphatic rings. The van der Waals surface area contributed by atoms with Crippen LogP contribution in [0.2, 0.25) is 0 Å². The molecule has 6 nitrogen and oxygen atoms in total. The smallest absolute Gasteiger partial charge is 0.331 e. The number of nitrogens with one attached hydrogen (secondary N) is 1. The molecule has 0 aliphatic carbocycles. The van der Waals surface area contributed by atoms with Gasteiger partial charge in [-0.15, -0.1) is 0 Å². The fourth-order valence-corrected chi connectivity index (χ4v) is 2.68. The van der Waals surface area contributed by atoms with Gasteiger partial charge in [0.1, 0.15) is 6.61 Å². The minimum absolute atomic E-state index is 0.111. The third-order valence-electron chi connectivity index (χ3n) is 4.42. The first-order chi connectivity index (χ1) is 11.5. The largest absolute Gasteiger partial charge is 0.459 e.